The number of hydrogen-bond donors (Lipinski definition) is 0. The summed E-state index contributed by atoms with van der Waals surface area (Å²) in [6.45, 7) is 4.65. The van der Waals surface area contributed by atoms with E-state index in [1.807, 2.05) is 0 Å². The Morgan fingerprint density at radius 2 is 1.05 bits per heavy atom. The van der Waals surface area contributed by atoms with Crippen molar-refractivity contribution in [3.8, 4) is 5.75 Å². The Balaban J connectivity index is 2.01. The molecule has 0 saturated carbocycles. The van der Waals surface area contributed by atoms with Crippen LogP contribution in [0.2, 0.25) is 0 Å². The van der Waals surface area contributed by atoms with Gasteiger partial charge in [-0.25, -0.2) is 9.59 Å². The number of esters is 2. The lowest BCUT2D eigenvalue weighted by atomic mass is 9.72. The molecule has 0 amide bonds. The number of alkyl halides is 6. The van der Waals surface area contributed by atoms with Gasteiger partial charge in [-0.1, -0.05) is 42.0 Å². The van der Waals surface area contributed by atoms with Crippen molar-refractivity contribution in [1.29, 1.82) is 0 Å². The Morgan fingerprint density at radius 1 is 0.649 bits per heavy atom. The Bertz CT molecular complexity index is 1290. The second-order valence-electron chi connectivity index (χ2n) is 8.50. The number of halogens is 6. The molecule has 0 N–H and O–H groups in total. The zero-order valence-electron chi connectivity index (χ0n) is 20.2. The van der Waals surface area contributed by atoms with Gasteiger partial charge in [0.05, 0.1) is 18.2 Å². The minimum atomic E-state index is -5.73. The molecule has 0 spiro atoms. The first kappa shape index (κ1) is 27.8. The van der Waals surface area contributed by atoms with Crippen LogP contribution in [0.1, 0.15) is 48.5 Å². The van der Waals surface area contributed by atoms with Gasteiger partial charge in [0.1, 0.15) is 5.75 Å². The van der Waals surface area contributed by atoms with E-state index in [-0.39, 0.29) is 16.9 Å². The van der Waals surface area contributed by atoms with Crippen molar-refractivity contribution in [2.24, 2.45) is 0 Å². The molecule has 0 unspecified atom stereocenters. The van der Waals surface area contributed by atoms with E-state index in [2.05, 4.69) is 4.74 Å². The summed E-state index contributed by atoms with van der Waals surface area (Å²) in [4.78, 5) is 24.5. The van der Waals surface area contributed by atoms with Gasteiger partial charge in [0.15, 0.2) is 0 Å². The maximum Gasteiger partial charge on any atom is 0.411 e. The number of carbonyl (C=O) groups is 2. The molecule has 0 aromatic heterocycles. The van der Waals surface area contributed by atoms with E-state index in [9.17, 15) is 35.9 Å². The molecule has 0 fully saturated rings. The van der Waals surface area contributed by atoms with Gasteiger partial charge in [-0.15, -0.1) is 0 Å². The maximum atomic E-state index is 14.2. The molecule has 3 aromatic carbocycles. The van der Waals surface area contributed by atoms with Crippen LogP contribution in [0, 0.1) is 20.8 Å². The smallest absolute Gasteiger partial charge is 0.411 e. The molecule has 0 aliphatic carbocycles. The molecule has 4 nitrogen and oxygen atoms in total. The van der Waals surface area contributed by atoms with Gasteiger partial charge >= 0.3 is 24.3 Å². The molecule has 37 heavy (non-hydrogen) atoms. The molecule has 0 aliphatic heterocycles. The first-order valence-corrected chi connectivity index (χ1v) is 10.9. The van der Waals surface area contributed by atoms with Crippen molar-refractivity contribution in [2.75, 3.05) is 7.11 Å². The highest BCUT2D eigenvalue weighted by atomic mass is 19.4. The van der Waals surface area contributed by atoms with Gasteiger partial charge in [0, 0.05) is 0 Å². The fourth-order valence-electron chi connectivity index (χ4n) is 4.09. The fraction of sp³-hybridized carbons (Fsp3) is 0.259. The number of aryl methyl sites for hydroxylation is 3. The first-order valence-electron chi connectivity index (χ1n) is 10.9. The second-order valence-corrected chi connectivity index (χ2v) is 8.50. The van der Waals surface area contributed by atoms with Crippen molar-refractivity contribution in [3.63, 3.8) is 0 Å². The van der Waals surface area contributed by atoms with Crippen molar-refractivity contribution >= 4 is 11.9 Å². The highest BCUT2D eigenvalue weighted by Gasteiger charge is 2.72. The summed E-state index contributed by atoms with van der Waals surface area (Å²) >= 11 is 0. The van der Waals surface area contributed by atoms with Gasteiger partial charge in [0.25, 0.3) is 0 Å². The summed E-state index contributed by atoms with van der Waals surface area (Å²) in [6, 6.07) is 9.78. The second kappa shape index (κ2) is 9.91. The molecule has 0 saturated heterocycles. The van der Waals surface area contributed by atoms with E-state index >= 15 is 0 Å². The zero-order chi connectivity index (χ0) is 27.8. The number of ether oxygens (including phenoxy) is 2. The molecule has 0 atom stereocenters. The Kier molecular flexibility index (Phi) is 7.44. The minimum absolute atomic E-state index is 0.0637. The van der Waals surface area contributed by atoms with Crippen LogP contribution in [0.15, 0.2) is 60.7 Å². The molecular weight excluding hydrogens is 502 g/mol. The lowest BCUT2D eigenvalue weighted by Gasteiger charge is -2.38. The van der Waals surface area contributed by atoms with Crippen LogP contribution >= 0.6 is 0 Å². The summed E-state index contributed by atoms with van der Waals surface area (Å²) in [6.07, 6.45) is -11.5. The van der Waals surface area contributed by atoms with Crippen LogP contribution in [0.4, 0.5) is 26.3 Å². The maximum absolute atomic E-state index is 14.2. The average molecular weight is 524 g/mol. The number of methoxy groups -OCH3 is 1. The largest absolute Gasteiger partial charge is 0.465 e. The minimum Gasteiger partial charge on any atom is -0.465 e. The lowest BCUT2D eigenvalue weighted by Crippen LogP contribution is -2.54. The Hall–Kier alpha value is -3.82. The Labute approximate surface area is 208 Å². The van der Waals surface area contributed by atoms with E-state index in [1.54, 1.807) is 13.8 Å². The third kappa shape index (κ3) is 5.05. The van der Waals surface area contributed by atoms with Crippen molar-refractivity contribution in [1.82, 2.24) is 0 Å². The monoisotopic (exact) mass is 524 g/mol. The number of hydrogen-bond acceptors (Lipinski definition) is 4. The van der Waals surface area contributed by atoms with Crippen LogP contribution in [-0.4, -0.2) is 31.4 Å². The topological polar surface area (TPSA) is 52.6 Å². The molecule has 3 rings (SSSR count). The van der Waals surface area contributed by atoms with E-state index in [0.29, 0.717) is 28.8 Å². The zero-order valence-corrected chi connectivity index (χ0v) is 20.2. The van der Waals surface area contributed by atoms with E-state index in [0.717, 1.165) is 24.3 Å². The predicted molar refractivity (Wildman–Crippen MR) is 123 cm³/mol. The predicted octanol–water partition coefficient (Wildman–Crippen LogP) is 7.03. The highest BCUT2D eigenvalue weighted by molar-refractivity contribution is 5.96. The van der Waals surface area contributed by atoms with Crippen LogP contribution in [-0.2, 0) is 10.2 Å². The van der Waals surface area contributed by atoms with Gasteiger partial charge in [-0.2, -0.15) is 26.3 Å². The molecular formula is C27H22F6O4. The summed E-state index contributed by atoms with van der Waals surface area (Å²) in [5.41, 5.74) is -4.80. The molecule has 0 bridgehead atoms. The normalized spacial score (nSPS) is 12.3. The molecule has 0 heterocycles. The van der Waals surface area contributed by atoms with E-state index in [4.69, 9.17) is 4.74 Å². The summed E-state index contributed by atoms with van der Waals surface area (Å²) in [7, 11) is 1.20. The van der Waals surface area contributed by atoms with Crippen LogP contribution in [0.25, 0.3) is 0 Å². The molecule has 0 radical (unpaired) electrons. The number of carbonyl (C=O) groups excluding carboxylic acids is 2. The standard InChI is InChI=1S/C27H22F6O4/c1-15-5-7-18(8-6-15)25(26(28,29)30,27(31,32)33)19-9-11-20(12-10-19)37-24(35)22-14-16(2)21(13-17(22)3)23(34)36-4/h5-14H,1-4H3. The quantitative estimate of drug-likeness (QED) is 0.204. The third-order valence-corrected chi connectivity index (χ3v) is 6.03. The van der Waals surface area contributed by atoms with Crippen LogP contribution in [0.3, 0.4) is 0 Å². The molecule has 0 aliphatic rings. The summed E-state index contributed by atoms with van der Waals surface area (Å²) < 4.78 is 95.3. The van der Waals surface area contributed by atoms with Gasteiger partial charge < -0.3 is 9.47 Å². The number of rotatable bonds is 5. The molecule has 3 aromatic rings. The van der Waals surface area contributed by atoms with Gasteiger partial charge in [-0.05, 0) is 67.3 Å². The van der Waals surface area contributed by atoms with E-state index < -0.39 is 40.8 Å². The van der Waals surface area contributed by atoms with Gasteiger partial charge in [0.2, 0.25) is 5.41 Å². The Morgan fingerprint density at radius 3 is 1.46 bits per heavy atom. The van der Waals surface area contributed by atoms with Gasteiger partial charge in [-0.3, -0.25) is 0 Å². The van der Waals surface area contributed by atoms with Crippen LogP contribution < -0.4 is 4.74 Å². The molecule has 196 valence electrons. The highest BCUT2D eigenvalue weighted by Crippen LogP contribution is 2.56. The first-order chi connectivity index (χ1) is 17.1. The van der Waals surface area contributed by atoms with Crippen molar-refractivity contribution in [3.05, 3.63) is 99.6 Å². The lowest BCUT2D eigenvalue weighted by molar-refractivity contribution is -0.288. The fourth-order valence-corrected chi connectivity index (χ4v) is 4.09. The van der Waals surface area contributed by atoms with Crippen molar-refractivity contribution < 1.29 is 45.4 Å². The summed E-state index contributed by atoms with van der Waals surface area (Å²) in [5, 5.41) is 0. The number of benzene rings is 3. The summed E-state index contributed by atoms with van der Waals surface area (Å²) in [5.74, 6) is -1.77. The van der Waals surface area contributed by atoms with Crippen molar-refractivity contribution in [2.45, 2.75) is 38.5 Å². The average Bonchev–Trinajstić information content (AvgIpc) is 2.80. The van der Waals surface area contributed by atoms with E-state index in [1.165, 1.54) is 38.3 Å². The third-order valence-electron chi connectivity index (χ3n) is 6.03. The van der Waals surface area contributed by atoms with Crippen LogP contribution in [0.5, 0.6) is 5.75 Å². The molecule has 10 heteroatoms. The SMILES string of the molecule is COC(=O)c1cc(C)c(C(=O)Oc2ccc(C(c3ccc(C)cc3)(C(F)(F)F)C(F)(F)F)cc2)cc1C.